The van der Waals surface area contributed by atoms with Gasteiger partial charge in [0, 0.05) is 35.9 Å². The molecular weight excluding hydrogens is 256 g/mol. The van der Waals surface area contributed by atoms with Gasteiger partial charge in [-0.25, -0.2) is 4.79 Å². The van der Waals surface area contributed by atoms with Gasteiger partial charge in [-0.05, 0) is 12.8 Å². The average molecular weight is 278 g/mol. The molecule has 7 heteroatoms. The Labute approximate surface area is 110 Å². The third-order valence-corrected chi connectivity index (χ3v) is 3.25. The maximum Gasteiger partial charge on any atom is 0.314 e. The standard InChI is InChI=1S/C11H22N2O4S/c1-3-5-9(10(14)15)8-13-11(16)12-6-4-7-18(2)17/h9H,3-8H2,1-2H3,(H,14,15)(H2,12,13,16). The highest BCUT2D eigenvalue weighted by Crippen LogP contribution is 2.04. The maximum absolute atomic E-state index is 11.3. The van der Waals surface area contributed by atoms with Crippen LogP contribution in [0.15, 0.2) is 0 Å². The van der Waals surface area contributed by atoms with Crippen LogP contribution in [0.2, 0.25) is 0 Å². The lowest BCUT2D eigenvalue weighted by atomic mass is 10.0. The summed E-state index contributed by atoms with van der Waals surface area (Å²) in [5, 5.41) is 14.0. The van der Waals surface area contributed by atoms with E-state index in [0.29, 0.717) is 25.1 Å². The Morgan fingerprint density at radius 1 is 1.33 bits per heavy atom. The summed E-state index contributed by atoms with van der Waals surface area (Å²) in [5.41, 5.74) is 0. The SMILES string of the molecule is CCCC(CNC(=O)NCCCS(C)=O)C(=O)O. The van der Waals surface area contributed by atoms with Gasteiger partial charge in [0.25, 0.3) is 0 Å². The zero-order valence-electron chi connectivity index (χ0n) is 10.9. The summed E-state index contributed by atoms with van der Waals surface area (Å²) in [4.78, 5) is 22.2. The van der Waals surface area contributed by atoms with Gasteiger partial charge in [0.1, 0.15) is 0 Å². The van der Waals surface area contributed by atoms with Gasteiger partial charge < -0.3 is 15.7 Å². The molecule has 3 N–H and O–H groups in total. The molecule has 0 aliphatic rings. The van der Waals surface area contributed by atoms with E-state index in [0.717, 1.165) is 6.42 Å². The first-order chi connectivity index (χ1) is 8.47. The van der Waals surface area contributed by atoms with E-state index < -0.39 is 22.7 Å². The number of amides is 2. The summed E-state index contributed by atoms with van der Waals surface area (Å²) >= 11 is 0. The summed E-state index contributed by atoms with van der Waals surface area (Å²) < 4.78 is 10.8. The number of carbonyl (C=O) groups is 2. The first kappa shape index (κ1) is 16.9. The van der Waals surface area contributed by atoms with E-state index >= 15 is 0 Å². The van der Waals surface area contributed by atoms with Crippen LogP contribution in [-0.4, -0.2) is 46.4 Å². The number of nitrogens with one attached hydrogen (secondary N) is 2. The molecule has 0 aliphatic heterocycles. The van der Waals surface area contributed by atoms with E-state index in [1.165, 1.54) is 0 Å². The fraction of sp³-hybridized carbons (Fsp3) is 0.818. The molecule has 2 unspecified atom stereocenters. The molecular formula is C11H22N2O4S. The second-order valence-corrected chi connectivity index (χ2v) is 5.65. The number of carboxylic acid groups (broad SMARTS) is 1. The van der Waals surface area contributed by atoms with Crippen molar-refractivity contribution in [2.75, 3.05) is 25.1 Å². The number of aliphatic carboxylic acids is 1. The predicted octanol–water partition coefficient (Wildman–Crippen LogP) is 0.555. The zero-order valence-corrected chi connectivity index (χ0v) is 11.7. The van der Waals surface area contributed by atoms with Crippen molar-refractivity contribution < 1.29 is 18.9 Å². The Hall–Kier alpha value is -1.11. The van der Waals surface area contributed by atoms with E-state index in [2.05, 4.69) is 10.6 Å². The highest BCUT2D eigenvalue weighted by atomic mass is 32.2. The van der Waals surface area contributed by atoms with Crippen molar-refractivity contribution in [3.63, 3.8) is 0 Å². The van der Waals surface area contributed by atoms with Crippen LogP contribution in [0.4, 0.5) is 4.79 Å². The van der Waals surface area contributed by atoms with Crippen molar-refractivity contribution in [1.82, 2.24) is 10.6 Å². The Bertz CT molecular complexity index is 297. The minimum atomic E-state index is -0.890. The first-order valence-electron chi connectivity index (χ1n) is 6.01. The van der Waals surface area contributed by atoms with Crippen LogP contribution in [0.3, 0.4) is 0 Å². The molecule has 106 valence electrons. The second-order valence-electron chi connectivity index (χ2n) is 4.09. The van der Waals surface area contributed by atoms with E-state index in [1.54, 1.807) is 6.26 Å². The van der Waals surface area contributed by atoms with Crippen LogP contribution in [0.25, 0.3) is 0 Å². The van der Waals surface area contributed by atoms with Crippen molar-refractivity contribution >= 4 is 22.8 Å². The fourth-order valence-electron chi connectivity index (χ4n) is 1.42. The third kappa shape index (κ3) is 8.98. The number of hydrogen-bond donors (Lipinski definition) is 3. The topological polar surface area (TPSA) is 95.5 Å². The molecule has 0 spiro atoms. The van der Waals surface area contributed by atoms with Gasteiger partial charge in [-0.15, -0.1) is 0 Å². The van der Waals surface area contributed by atoms with E-state index in [1.807, 2.05) is 6.92 Å². The lowest BCUT2D eigenvalue weighted by molar-refractivity contribution is -0.141. The molecule has 2 atom stereocenters. The van der Waals surface area contributed by atoms with Crippen LogP contribution in [0, 0.1) is 5.92 Å². The number of rotatable bonds is 9. The molecule has 0 rings (SSSR count). The molecule has 0 fully saturated rings. The number of carboxylic acids is 1. The monoisotopic (exact) mass is 278 g/mol. The van der Waals surface area contributed by atoms with Gasteiger partial charge in [0.05, 0.1) is 5.92 Å². The van der Waals surface area contributed by atoms with Crippen LogP contribution in [-0.2, 0) is 15.6 Å². The quantitative estimate of drug-likeness (QED) is 0.537. The van der Waals surface area contributed by atoms with Gasteiger partial charge in [-0.1, -0.05) is 13.3 Å². The normalized spacial score (nSPS) is 13.7. The van der Waals surface area contributed by atoms with Crippen molar-refractivity contribution in [1.29, 1.82) is 0 Å². The number of carbonyl (C=O) groups excluding carboxylic acids is 1. The lowest BCUT2D eigenvalue weighted by Crippen LogP contribution is -2.40. The molecule has 0 aromatic carbocycles. The van der Waals surface area contributed by atoms with E-state index in [-0.39, 0.29) is 12.6 Å². The van der Waals surface area contributed by atoms with Crippen LogP contribution >= 0.6 is 0 Å². The summed E-state index contributed by atoms with van der Waals surface area (Å²) in [5.74, 6) is -0.879. The van der Waals surface area contributed by atoms with Gasteiger partial charge >= 0.3 is 12.0 Å². The van der Waals surface area contributed by atoms with Crippen molar-refractivity contribution in [3.05, 3.63) is 0 Å². The van der Waals surface area contributed by atoms with Gasteiger partial charge in [0.2, 0.25) is 0 Å². The first-order valence-corrected chi connectivity index (χ1v) is 7.74. The van der Waals surface area contributed by atoms with Gasteiger partial charge in [-0.2, -0.15) is 0 Å². The smallest absolute Gasteiger partial charge is 0.314 e. The molecule has 0 aliphatic carbocycles. The maximum atomic E-state index is 11.3. The lowest BCUT2D eigenvalue weighted by Gasteiger charge is -2.12. The Morgan fingerprint density at radius 3 is 2.50 bits per heavy atom. The summed E-state index contributed by atoms with van der Waals surface area (Å²) in [6.45, 7) is 2.48. The van der Waals surface area contributed by atoms with Gasteiger partial charge in [-0.3, -0.25) is 9.00 Å². The van der Waals surface area contributed by atoms with Crippen LogP contribution < -0.4 is 10.6 Å². The molecule has 0 saturated carbocycles. The van der Waals surface area contributed by atoms with E-state index in [4.69, 9.17) is 5.11 Å². The minimum absolute atomic E-state index is 0.134. The van der Waals surface area contributed by atoms with Gasteiger partial charge in [0.15, 0.2) is 0 Å². The molecule has 0 bridgehead atoms. The van der Waals surface area contributed by atoms with E-state index in [9.17, 15) is 13.8 Å². The Morgan fingerprint density at radius 2 is 2.00 bits per heavy atom. The second kappa shape index (κ2) is 9.87. The third-order valence-electron chi connectivity index (χ3n) is 2.39. The highest BCUT2D eigenvalue weighted by Gasteiger charge is 2.16. The van der Waals surface area contributed by atoms with Crippen molar-refractivity contribution in [3.8, 4) is 0 Å². The summed E-state index contributed by atoms with van der Waals surface area (Å²) in [6.07, 6.45) is 3.57. The van der Waals surface area contributed by atoms with Crippen molar-refractivity contribution in [2.24, 2.45) is 5.92 Å². The number of hydrogen-bond acceptors (Lipinski definition) is 3. The molecule has 6 nitrogen and oxygen atoms in total. The summed E-state index contributed by atoms with van der Waals surface area (Å²) in [6, 6.07) is -0.376. The molecule has 18 heavy (non-hydrogen) atoms. The molecule has 0 radical (unpaired) electrons. The molecule has 0 aromatic heterocycles. The Balaban J connectivity index is 3.73. The fourth-order valence-corrected chi connectivity index (χ4v) is 1.97. The highest BCUT2D eigenvalue weighted by molar-refractivity contribution is 7.84. The molecule has 2 amide bonds. The average Bonchev–Trinajstić information content (AvgIpc) is 2.29. The molecule has 0 heterocycles. The number of urea groups is 1. The van der Waals surface area contributed by atoms with Crippen LogP contribution in [0.5, 0.6) is 0 Å². The minimum Gasteiger partial charge on any atom is -0.481 e. The zero-order chi connectivity index (χ0) is 14.0. The van der Waals surface area contributed by atoms with Crippen molar-refractivity contribution in [2.45, 2.75) is 26.2 Å². The predicted molar refractivity (Wildman–Crippen MR) is 71.0 cm³/mol. The molecule has 0 saturated heterocycles. The molecule has 0 aromatic rings. The Kier molecular flexibility index (Phi) is 9.26. The largest absolute Gasteiger partial charge is 0.481 e. The van der Waals surface area contributed by atoms with Crippen LogP contribution in [0.1, 0.15) is 26.2 Å². The summed E-state index contributed by atoms with van der Waals surface area (Å²) in [7, 11) is -0.850.